The van der Waals surface area contributed by atoms with Crippen molar-refractivity contribution in [1.82, 2.24) is 0 Å². The highest BCUT2D eigenvalue weighted by molar-refractivity contribution is 5.96. The third kappa shape index (κ3) is 5.45. The number of alkyl halides is 2. The molecule has 0 saturated carbocycles. The fraction of sp³-hybridized carbons (Fsp3) is 0.176. The van der Waals surface area contributed by atoms with Crippen molar-refractivity contribution in [1.29, 1.82) is 0 Å². The fourth-order valence-corrected chi connectivity index (χ4v) is 1.90. The first-order chi connectivity index (χ1) is 12.0. The maximum absolute atomic E-state index is 12.3. The van der Waals surface area contributed by atoms with Gasteiger partial charge in [-0.1, -0.05) is 12.1 Å². The number of halogens is 2. The molecule has 0 aliphatic rings. The molecule has 0 heterocycles. The van der Waals surface area contributed by atoms with Crippen molar-refractivity contribution in [2.45, 2.75) is 6.61 Å². The van der Waals surface area contributed by atoms with Gasteiger partial charge in [-0.2, -0.15) is 8.78 Å². The van der Waals surface area contributed by atoms with Crippen LogP contribution in [0.3, 0.4) is 0 Å². The number of methoxy groups -OCH3 is 1. The molecule has 0 fully saturated rings. The normalized spacial score (nSPS) is 10.2. The number of amides is 1. The quantitative estimate of drug-likeness (QED) is 0.776. The first kappa shape index (κ1) is 18.2. The van der Waals surface area contributed by atoms with E-state index in [4.69, 9.17) is 9.47 Å². The molecule has 0 radical (unpaired) electrons. The topological polar surface area (TPSA) is 73.9 Å². The third-order valence-corrected chi connectivity index (χ3v) is 3.04. The van der Waals surface area contributed by atoms with Crippen LogP contribution < -0.4 is 14.8 Å². The standard InChI is InChI=1S/C17H15F2NO5/c1-23-12-8-6-11(7-9-12)16(22)24-10-15(21)20-13-4-2-3-5-14(13)25-17(18)19/h2-9,17H,10H2,1H3,(H,20,21). The SMILES string of the molecule is COc1ccc(C(=O)OCC(=O)Nc2ccccc2OC(F)F)cc1. The summed E-state index contributed by atoms with van der Waals surface area (Å²) in [5, 5.41) is 2.35. The van der Waals surface area contributed by atoms with Gasteiger partial charge in [-0.3, -0.25) is 4.79 Å². The number of carbonyl (C=O) groups excluding carboxylic acids is 2. The third-order valence-electron chi connectivity index (χ3n) is 3.04. The number of hydrogen-bond donors (Lipinski definition) is 1. The smallest absolute Gasteiger partial charge is 0.387 e. The maximum Gasteiger partial charge on any atom is 0.387 e. The molecule has 2 aromatic rings. The van der Waals surface area contributed by atoms with Gasteiger partial charge in [0.1, 0.15) is 11.5 Å². The summed E-state index contributed by atoms with van der Waals surface area (Å²) in [4.78, 5) is 23.7. The lowest BCUT2D eigenvalue weighted by molar-refractivity contribution is -0.119. The Bertz CT molecular complexity index is 734. The van der Waals surface area contributed by atoms with E-state index < -0.39 is 25.1 Å². The summed E-state index contributed by atoms with van der Waals surface area (Å²) in [5.74, 6) is -1.00. The molecule has 6 nitrogen and oxygen atoms in total. The van der Waals surface area contributed by atoms with Crippen LogP contribution in [0.1, 0.15) is 10.4 Å². The minimum absolute atomic E-state index is 0.0493. The first-order valence-corrected chi connectivity index (χ1v) is 7.14. The second kappa shape index (κ2) is 8.62. The number of nitrogens with one attached hydrogen (secondary N) is 1. The van der Waals surface area contributed by atoms with Crippen molar-refractivity contribution in [2.24, 2.45) is 0 Å². The van der Waals surface area contributed by atoms with Crippen LogP contribution in [0.4, 0.5) is 14.5 Å². The summed E-state index contributed by atoms with van der Waals surface area (Å²) >= 11 is 0. The molecule has 25 heavy (non-hydrogen) atoms. The Morgan fingerprint density at radius 3 is 2.40 bits per heavy atom. The van der Waals surface area contributed by atoms with Crippen molar-refractivity contribution in [3.05, 3.63) is 54.1 Å². The lowest BCUT2D eigenvalue weighted by atomic mass is 10.2. The predicted octanol–water partition coefficient (Wildman–Crippen LogP) is 3.09. The van der Waals surface area contributed by atoms with E-state index in [1.165, 1.54) is 43.5 Å². The zero-order chi connectivity index (χ0) is 18.2. The number of esters is 1. The second-order valence-corrected chi connectivity index (χ2v) is 4.73. The van der Waals surface area contributed by atoms with Crippen LogP contribution in [0, 0.1) is 0 Å². The number of carbonyl (C=O) groups is 2. The minimum atomic E-state index is -3.02. The summed E-state index contributed by atoms with van der Waals surface area (Å²) in [6.07, 6.45) is 0. The fourth-order valence-electron chi connectivity index (χ4n) is 1.90. The van der Waals surface area contributed by atoms with Gasteiger partial charge in [0, 0.05) is 0 Å². The van der Waals surface area contributed by atoms with Gasteiger partial charge in [0.15, 0.2) is 6.61 Å². The van der Waals surface area contributed by atoms with E-state index in [-0.39, 0.29) is 17.0 Å². The Morgan fingerprint density at radius 2 is 1.76 bits per heavy atom. The molecule has 2 rings (SSSR count). The van der Waals surface area contributed by atoms with Crippen LogP contribution in [0.2, 0.25) is 0 Å². The Balaban J connectivity index is 1.91. The number of benzene rings is 2. The summed E-state index contributed by atoms with van der Waals surface area (Å²) < 4.78 is 38.8. The Hall–Kier alpha value is -3.16. The van der Waals surface area contributed by atoms with Crippen molar-refractivity contribution >= 4 is 17.6 Å². The van der Waals surface area contributed by atoms with Gasteiger partial charge in [0.25, 0.3) is 5.91 Å². The molecule has 0 aliphatic carbocycles. The van der Waals surface area contributed by atoms with E-state index in [1.807, 2.05) is 0 Å². The van der Waals surface area contributed by atoms with Crippen molar-refractivity contribution in [2.75, 3.05) is 19.0 Å². The van der Waals surface area contributed by atoms with Gasteiger partial charge < -0.3 is 19.5 Å². The molecule has 0 aromatic heterocycles. The van der Waals surface area contributed by atoms with E-state index in [9.17, 15) is 18.4 Å². The summed E-state index contributed by atoms with van der Waals surface area (Å²) in [7, 11) is 1.49. The van der Waals surface area contributed by atoms with Crippen LogP contribution in [0.25, 0.3) is 0 Å². The highest BCUT2D eigenvalue weighted by Crippen LogP contribution is 2.25. The van der Waals surface area contributed by atoms with Crippen LogP contribution in [0.15, 0.2) is 48.5 Å². The summed E-state index contributed by atoms with van der Waals surface area (Å²) in [6, 6.07) is 11.8. The van der Waals surface area contributed by atoms with Gasteiger partial charge in [-0.25, -0.2) is 4.79 Å². The average Bonchev–Trinajstić information content (AvgIpc) is 2.61. The number of hydrogen-bond acceptors (Lipinski definition) is 5. The molecule has 1 N–H and O–H groups in total. The number of para-hydroxylation sites is 2. The number of anilines is 1. The van der Waals surface area contributed by atoms with Gasteiger partial charge in [-0.05, 0) is 36.4 Å². The lowest BCUT2D eigenvalue weighted by Gasteiger charge is -2.11. The predicted molar refractivity (Wildman–Crippen MR) is 85.0 cm³/mol. The molecule has 2 aromatic carbocycles. The van der Waals surface area contributed by atoms with E-state index in [0.717, 1.165) is 0 Å². The average molecular weight is 351 g/mol. The zero-order valence-electron chi connectivity index (χ0n) is 13.2. The van der Waals surface area contributed by atoms with Gasteiger partial charge >= 0.3 is 12.6 Å². The second-order valence-electron chi connectivity index (χ2n) is 4.73. The van der Waals surface area contributed by atoms with Crippen LogP contribution >= 0.6 is 0 Å². The van der Waals surface area contributed by atoms with Crippen molar-refractivity contribution in [3.8, 4) is 11.5 Å². The van der Waals surface area contributed by atoms with Crippen LogP contribution in [0.5, 0.6) is 11.5 Å². The molecule has 0 unspecified atom stereocenters. The van der Waals surface area contributed by atoms with Gasteiger partial charge in [0.05, 0.1) is 18.4 Å². The Morgan fingerprint density at radius 1 is 1.08 bits per heavy atom. The molecule has 132 valence electrons. The molecule has 0 aliphatic heterocycles. The Labute approximate surface area is 142 Å². The van der Waals surface area contributed by atoms with Crippen LogP contribution in [-0.2, 0) is 9.53 Å². The van der Waals surface area contributed by atoms with Gasteiger partial charge in [-0.15, -0.1) is 0 Å². The monoisotopic (exact) mass is 351 g/mol. The minimum Gasteiger partial charge on any atom is -0.497 e. The molecule has 0 bridgehead atoms. The summed E-state index contributed by atoms with van der Waals surface area (Å²) in [5.41, 5.74) is 0.295. The number of ether oxygens (including phenoxy) is 3. The van der Waals surface area contributed by atoms with Gasteiger partial charge in [0.2, 0.25) is 0 Å². The van der Waals surface area contributed by atoms with E-state index in [1.54, 1.807) is 12.1 Å². The molecular formula is C17H15F2NO5. The molecular weight excluding hydrogens is 336 g/mol. The zero-order valence-corrected chi connectivity index (χ0v) is 13.2. The molecule has 0 saturated heterocycles. The Kier molecular flexibility index (Phi) is 6.27. The summed E-state index contributed by atoms with van der Waals surface area (Å²) in [6.45, 7) is -3.60. The van der Waals surface area contributed by atoms with E-state index in [0.29, 0.717) is 5.75 Å². The molecule has 1 amide bonds. The molecule has 0 spiro atoms. The molecule has 8 heteroatoms. The maximum atomic E-state index is 12.3. The van der Waals surface area contributed by atoms with Crippen molar-refractivity contribution < 1.29 is 32.6 Å². The lowest BCUT2D eigenvalue weighted by Crippen LogP contribution is -2.21. The molecule has 0 atom stereocenters. The van der Waals surface area contributed by atoms with Crippen LogP contribution in [-0.4, -0.2) is 32.2 Å². The number of rotatable bonds is 7. The largest absolute Gasteiger partial charge is 0.497 e. The van der Waals surface area contributed by atoms with Crippen molar-refractivity contribution in [3.63, 3.8) is 0 Å². The van der Waals surface area contributed by atoms with E-state index in [2.05, 4.69) is 10.1 Å². The first-order valence-electron chi connectivity index (χ1n) is 7.14. The van der Waals surface area contributed by atoms with E-state index >= 15 is 0 Å². The highest BCUT2D eigenvalue weighted by Gasteiger charge is 2.14. The highest BCUT2D eigenvalue weighted by atomic mass is 19.3.